The van der Waals surface area contributed by atoms with Gasteiger partial charge in [-0.15, -0.1) is 0 Å². The maximum atomic E-state index is 3.42. The fourth-order valence-corrected chi connectivity index (χ4v) is 2.35. The molecule has 0 heterocycles. The highest BCUT2D eigenvalue weighted by atomic mass is 79.9. The molecule has 0 nitrogen and oxygen atoms in total. The Bertz CT molecular complexity index is 56.0. The van der Waals surface area contributed by atoms with Crippen molar-refractivity contribution in [3.8, 4) is 0 Å². The number of hydrogen-bond donors (Lipinski definition) is 0. The van der Waals surface area contributed by atoms with Gasteiger partial charge in [0.15, 0.2) is 0 Å². The van der Waals surface area contributed by atoms with Gasteiger partial charge >= 0.3 is 0 Å². The molecule has 0 atom stereocenters. The molecule has 0 radical (unpaired) electrons. The SMILES string of the molecule is C[P+](C)(C)CCCBr. The summed E-state index contributed by atoms with van der Waals surface area (Å²) < 4.78 is 0. The van der Waals surface area contributed by atoms with E-state index in [0.717, 1.165) is 0 Å². The highest BCUT2D eigenvalue weighted by molar-refractivity contribution is 9.09. The van der Waals surface area contributed by atoms with E-state index in [1.165, 1.54) is 17.9 Å². The third kappa shape index (κ3) is 6.91. The zero-order chi connectivity index (χ0) is 6.62. The summed E-state index contributed by atoms with van der Waals surface area (Å²) in [5.74, 6) is 0. The van der Waals surface area contributed by atoms with Crippen molar-refractivity contribution >= 4 is 23.2 Å². The minimum atomic E-state index is -0.462. The van der Waals surface area contributed by atoms with Gasteiger partial charge < -0.3 is 0 Å². The maximum absolute atomic E-state index is 3.42. The quantitative estimate of drug-likeness (QED) is 0.483. The monoisotopic (exact) mass is 197 g/mol. The molecule has 0 unspecified atom stereocenters. The molecule has 0 saturated carbocycles. The lowest BCUT2D eigenvalue weighted by molar-refractivity contribution is 1.12. The topological polar surface area (TPSA) is 0 Å². The largest absolute Gasteiger partial charge is 0.0927 e. The minimum absolute atomic E-state index is 0.462. The average Bonchev–Trinajstić information content (AvgIpc) is 1.59. The van der Waals surface area contributed by atoms with E-state index in [-0.39, 0.29) is 0 Å². The highest BCUT2D eigenvalue weighted by Crippen LogP contribution is 2.46. The number of halogens is 1. The average molecular weight is 198 g/mol. The third-order valence-corrected chi connectivity index (χ3v) is 3.18. The van der Waals surface area contributed by atoms with Crippen molar-refractivity contribution in [2.75, 3.05) is 31.5 Å². The molecule has 0 aliphatic heterocycles. The van der Waals surface area contributed by atoms with Gasteiger partial charge in [0, 0.05) is 32.6 Å². The number of hydrogen-bond acceptors (Lipinski definition) is 0. The van der Waals surface area contributed by atoms with Crippen molar-refractivity contribution in [2.45, 2.75) is 6.42 Å². The second-order valence-corrected chi connectivity index (χ2v) is 8.88. The van der Waals surface area contributed by atoms with Gasteiger partial charge in [0.1, 0.15) is 0 Å². The van der Waals surface area contributed by atoms with Gasteiger partial charge in [0.25, 0.3) is 0 Å². The summed E-state index contributed by atoms with van der Waals surface area (Å²) >= 11 is 3.42. The van der Waals surface area contributed by atoms with Crippen LogP contribution in [0.15, 0.2) is 0 Å². The van der Waals surface area contributed by atoms with Crippen LogP contribution in [0.1, 0.15) is 6.42 Å². The van der Waals surface area contributed by atoms with Gasteiger partial charge in [-0.1, -0.05) is 15.9 Å². The summed E-state index contributed by atoms with van der Waals surface area (Å²) in [5, 5.41) is 1.17. The van der Waals surface area contributed by atoms with E-state index in [0.29, 0.717) is 0 Å². The molecule has 2 heteroatoms. The predicted molar refractivity (Wildman–Crippen MR) is 48.0 cm³/mol. The Balaban J connectivity index is 3.11. The summed E-state index contributed by atoms with van der Waals surface area (Å²) in [5.41, 5.74) is 0. The van der Waals surface area contributed by atoms with Crippen LogP contribution in [0.3, 0.4) is 0 Å². The summed E-state index contributed by atoms with van der Waals surface area (Å²) in [4.78, 5) is 0. The van der Waals surface area contributed by atoms with Gasteiger partial charge in [0.2, 0.25) is 0 Å². The molecule has 0 fully saturated rings. The zero-order valence-corrected chi connectivity index (χ0v) is 8.43. The predicted octanol–water partition coefficient (Wildman–Crippen LogP) is 2.68. The van der Waals surface area contributed by atoms with E-state index in [2.05, 4.69) is 35.9 Å². The van der Waals surface area contributed by atoms with E-state index < -0.39 is 7.26 Å². The molecule has 0 amide bonds. The Hall–Kier alpha value is 0.910. The van der Waals surface area contributed by atoms with Crippen LogP contribution in [0.5, 0.6) is 0 Å². The Morgan fingerprint density at radius 1 is 1.25 bits per heavy atom. The first-order valence-electron chi connectivity index (χ1n) is 2.93. The minimum Gasteiger partial charge on any atom is -0.0927 e. The van der Waals surface area contributed by atoms with E-state index >= 15 is 0 Å². The van der Waals surface area contributed by atoms with Gasteiger partial charge in [-0.2, -0.15) is 0 Å². The van der Waals surface area contributed by atoms with Gasteiger partial charge in [-0.3, -0.25) is 0 Å². The zero-order valence-electron chi connectivity index (χ0n) is 5.95. The molecule has 8 heavy (non-hydrogen) atoms. The summed E-state index contributed by atoms with van der Waals surface area (Å²) in [7, 11) is -0.462. The molecule has 0 aliphatic rings. The molecule has 0 N–H and O–H groups in total. The van der Waals surface area contributed by atoms with Crippen molar-refractivity contribution < 1.29 is 0 Å². The first-order chi connectivity index (χ1) is 3.56. The third-order valence-electron chi connectivity index (χ3n) is 0.963. The fraction of sp³-hybridized carbons (Fsp3) is 1.00. The summed E-state index contributed by atoms with van der Waals surface area (Å²) in [6.07, 6.45) is 2.77. The van der Waals surface area contributed by atoms with E-state index in [9.17, 15) is 0 Å². The Kier molecular flexibility index (Phi) is 4.28. The van der Waals surface area contributed by atoms with Crippen molar-refractivity contribution in [2.24, 2.45) is 0 Å². The number of alkyl halides is 1. The van der Waals surface area contributed by atoms with Crippen LogP contribution in [0.2, 0.25) is 0 Å². The molecular formula is C6H15BrP+. The van der Waals surface area contributed by atoms with Crippen LogP contribution in [-0.4, -0.2) is 31.5 Å². The van der Waals surface area contributed by atoms with Crippen LogP contribution in [0.4, 0.5) is 0 Å². The van der Waals surface area contributed by atoms with Crippen LogP contribution < -0.4 is 0 Å². The van der Waals surface area contributed by atoms with Crippen molar-refractivity contribution in [1.29, 1.82) is 0 Å². The van der Waals surface area contributed by atoms with Crippen LogP contribution in [-0.2, 0) is 0 Å². The molecule has 0 aromatic rings. The van der Waals surface area contributed by atoms with Gasteiger partial charge in [-0.05, 0) is 6.42 Å². The molecule has 0 aromatic heterocycles. The van der Waals surface area contributed by atoms with Crippen molar-refractivity contribution in [3.05, 3.63) is 0 Å². The Morgan fingerprint density at radius 3 is 1.88 bits per heavy atom. The first kappa shape index (κ1) is 8.91. The fourth-order valence-electron chi connectivity index (χ4n) is 0.534. The molecule has 50 valence electrons. The molecule has 0 spiro atoms. The van der Waals surface area contributed by atoms with Crippen LogP contribution in [0.25, 0.3) is 0 Å². The van der Waals surface area contributed by atoms with Gasteiger partial charge in [-0.25, -0.2) is 0 Å². The van der Waals surface area contributed by atoms with Crippen molar-refractivity contribution in [3.63, 3.8) is 0 Å². The lowest BCUT2D eigenvalue weighted by Crippen LogP contribution is -1.92. The van der Waals surface area contributed by atoms with Gasteiger partial charge in [0.05, 0.1) is 6.16 Å². The molecular weight excluding hydrogens is 183 g/mol. The molecule has 0 saturated heterocycles. The molecule has 0 bridgehead atoms. The lowest BCUT2D eigenvalue weighted by Gasteiger charge is -2.09. The Labute approximate surface area is 61.5 Å². The van der Waals surface area contributed by atoms with E-state index in [1.54, 1.807) is 0 Å². The second-order valence-electron chi connectivity index (χ2n) is 3.06. The highest BCUT2D eigenvalue weighted by Gasteiger charge is 2.14. The van der Waals surface area contributed by atoms with Crippen LogP contribution >= 0.6 is 23.2 Å². The first-order valence-corrected chi connectivity index (χ1v) is 7.36. The van der Waals surface area contributed by atoms with Crippen LogP contribution in [0, 0.1) is 0 Å². The molecule has 0 aromatic carbocycles. The maximum Gasteiger partial charge on any atom is 0.0594 e. The van der Waals surface area contributed by atoms with E-state index in [1.807, 2.05) is 0 Å². The smallest absolute Gasteiger partial charge is 0.0594 e. The second kappa shape index (κ2) is 3.85. The Morgan fingerprint density at radius 2 is 1.75 bits per heavy atom. The molecule has 0 aliphatic carbocycles. The summed E-state index contributed by atoms with van der Waals surface area (Å²) in [6, 6.07) is 0. The number of rotatable bonds is 3. The molecule has 0 rings (SSSR count). The standard InChI is InChI=1S/C6H15BrP/c1-8(2,3)6-4-5-7/h4-6H2,1-3H3/q+1. The van der Waals surface area contributed by atoms with E-state index in [4.69, 9.17) is 0 Å². The summed E-state index contributed by atoms with van der Waals surface area (Å²) in [6.45, 7) is 7.15. The van der Waals surface area contributed by atoms with Crippen molar-refractivity contribution in [1.82, 2.24) is 0 Å². The lowest BCUT2D eigenvalue weighted by atomic mass is 10.6. The normalized spacial score (nSPS) is 12.0.